The van der Waals surface area contributed by atoms with Gasteiger partial charge in [-0.25, -0.2) is 14.4 Å². The number of nitrogens with zero attached hydrogens (tertiary/aromatic N) is 3. The Morgan fingerprint density at radius 3 is 2.41 bits per heavy atom. The monoisotopic (exact) mass is 410 g/mol. The highest BCUT2D eigenvalue weighted by Crippen LogP contribution is 2.26. The highest BCUT2D eigenvalue weighted by molar-refractivity contribution is 6.30. The predicted octanol–water partition coefficient (Wildman–Crippen LogP) is 4.79. The Bertz CT molecular complexity index is 986. The van der Waals surface area contributed by atoms with Crippen molar-refractivity contribution in [3.05, 3.63) is 71.8 Å². The molecule has 1 aromatic heterocycles. The fourth-order valence-electron chi connectivity index (χ4n) is 3.45. The van der Waals surface area contributed by atoms with Crippen LogP contribution in [0.3, 0.4) is 0 Å². The zero-order valence-corrected chi connectivity index (χ0v) is 16.4. The van der Waals surface area contributed by atoms with Crippen molar-refractivity contribution in [1.82, 2.24) is 9.97 Å². The van der Waals surface area contributed by atoms with Crippen molar-refractivity contribution in [3.63, 3.8) is 0 Å². The molecule has 7 heteroatoms. The number of aromatic nitrogens is 2. The van der Waals surface area contributed by atoms with E-state index in [0.717, 1.165) is 48.7 Å². The number of halogens is 2. The van der Waals surface area contributed by atoms with Crippen LogP contribution in [0.5, 0.6) is 0 Å². The van der Waals surface area contributed by atoms with Crippen molar-refractivity contribution in [2.45, 2.75) is 12.8 Å². The number of carbonyl (C=O) groups is 1. The van der Waals surface area contributed by atoms with E-state index < -0.39 is 0 Å². The molecule has 0 atom stereocenters. The molecule has 0 spiro atoms. The van der Waals surface area contributed by atoms with E-state index >= 15 is 0 Å². The zero-order valence-electron chi connectivity index (χ0n) is 15.7. The lowest BCUT2D eigenvalue weighted by Gasteiger charge is -2.32. The third kappa shape index (κ3) is 4.71. The Morgan fingerprint density at radius 1 is 1.03 bits per heavy atom. The Kier molecular flexibility index (Phi) is 5.71. The van der Waals surface area contributed by atoms with Crippen molar-refractivity contribution in [2.24, 2.45) is 5.92 Å². The summed E-state index contributed by atoms with van der Waals surface area (Å²) in [7, 11) is 0. The van der Waals surface area contributed by atoms with Crippen LogP contribution in [0, 0.1) is 11.7 Å². The summed E-state index contributed by atoms with van der Waals surface area (Å²) >= 11 is 5.88. The van der Waals surface area contributed by atoms with Gasteiger partial charge in [-0.15, -0.1) is 0 Å². The molecule has 4 rings (SSSR count). The van der Waals surface area contributed by atoms with Crippen LogP contribution >= 0.6 is 11.6 Å². The van der Waals surface area contributed by atoms with Crippen molar-refractivity contribution < 1.29 is 9.18 Å². The number of hydrogen-bond donors (Lipinski definition) is 1. The minimum absolute atomic E-state index is 0.0293. The second-order valence-electron chi connectivity index (χ2n) is 7.03. The smallest absolute Gasteiger partial charge is 0.227 e. The summed E-state index contributed by atoms with van der Waals surface area (Å²) in [5.74, 6) is 0.528. The quantitative estimate of drug-likeness (QED) is 0.671. The summed E-state index contributed by atoms with van der Waals surface area (Å²) in [6, 6.07) is 15.3. The standard InChI is InChI=1S/C22H20ClFN4O/c23-17-3-7-19(8-4-17)27-22(29)16-9-11-28(12-10-16)21-13-20(25-14-26-21)15-1-5-18(24)6-2-15/h1-8,13-14,16H,9-12H2,(H,27,29). The molecule has 0 saturated carbocycles. The predicted molar refractivity (Wildman–Crippen MR) is 112 cm³/mol. The van der Waals surface area contributed by atoms with Gasteiger partial charge < -0.3 is 10.2 Å². The number of benzene rings is 2. The minimum atomic E-state index is -0.276. The van der Waals surface area contributed by atoms with E-state index in [2.05, 4.69) is 20.2 Å². The van der Waals surface area contributed by atoms with Gasteiger partial charge in [0.05, 0.1) is 5.69 Å². The fraction of sp³-hybridized carbons (Fsp3) is 0.227. The van der Waals surface area contributed by atoms with Crippen LogP contribution in [-0.4, -0.2) is 29.0 Å². The van der Waals surface area contributed by atoms with Crippen LogP contribution in [0.2, 0.25) is 5.02 Å². The number of rotatable bonds is 4. The number of amides is 1. The van der Waals surface area contributed by atoms with Crippen molar-refractivity contribution >= 4 is 29.0 Å². The molecule has 3 aromatic rings. The van der Waals surface area contributed by atoms with Gasteiger partial charge in [0.1, 0.15) is 18.0 Å². The SMILES string of the molecule is O=C(Nc1ccc(Cl)cc1)C1CCN(c2cc(-c3ccc(F)cc3)ncn2)CC1. The lowest BCUT2D eigenvalue weighted by molar-refractivity contribution is -0.120. The fourth-order valence-corrected chi connectivity index (χ4v) is 3.57. The van der Waals surface area contributed by atoms with Gasteiger partial charge in [0.15, 0.2) is 0 Å². The lowest BCUT2D eigenvalue weighted by Crippen LogP contribution is -2.38. The van der Waals surface area contributed by atoms with Gasteiger partial charge in [0.2, 0.25) is 5.91 Å². The second-order valence-corrected chi connectivity index (χ2v) is 7.46. The number of piperidine rings is 1. The second kappa shape index (κ2) is 8.57. The van der Waals surface area contributed by atoms with Gasteiger partial charge >= 0.3 is 0 Å². The Hall–Kier alpha value is -2.99. The normalized spacial score (nSPS) is 14.6. The van der Waals surface area contributed by atoms with E-state index in [4.69, 9.17) is 11.6 Å². The van der Waals surface area contributed by atoms with Gasteiger partial charge in [-0.2, -0.15) is 0 Å². The first-order valence-corrected chi connectivity index (χ1v) is 9.85. The number of anilines is 2. The molecule has 0 aliphatic carbocycles. The maximum absolute atomic E-state index is 13.2. The molecule has 1 saturated heterocycles. The third-order valence-electron chi connectivity index (χ3n) is 5.09. The van der Waals surface area contributed by atoms with Gasteiger partial charge in [0.25, 0.3) is 0 Å². The van der Waals surface area contributed by atoms with E-state index in [0.29, 0.717) is 5.02 Å². The van der Waals surface area contributed by atoms with Crippen LogP contribution in [0.1, 0.15) is 12.8 Å². The van der Waals surface area contributed by atoms with Crippen LogP contribution in [-0.2, 0) is 4.79 Å². The molecule has 1 fully saturated rings. The van der Waals surface area contributed by atoms with Crippen molar-refractivity contribution in [3.8, 4) is 11.3 Å². The maximum Gasteiger partial charge on any atom is 0.227 e. The van der Waals surface area contributed by atoms with E-state index in [1.165, 1.54) is 18.5 Å². The molecule has 1 aliphatic rings. The third-order valence-corrected chi connectivity index (χ3v) is 5.35. The Labute approximate surface area is 173 Å². The number of hydrogen-bond acceptors (Lipinski definition) is 4. The molecule has 0 unspecified atom stereocenters. The summed E-state index contributed by atoms with van der Waals surface area (Å²) in [5.41, 5.74) is 2.34. The molecule has 5 nitrogen and oxygen atoms in total. The Balaban J connectivity index is 1.38. The van der Waals surface area contributed by atoms with Gasteiger partial charge in [-0.1, -0.05) is 11.6 Å². The minimum Gasteiger partial charge on any atom is -0.356 e. The topological polar surface area (TPSA) is 58.1 Å². The van der Waals surface area contributed by atoms with Crippen molar-refractivity contribution in [1.29, 1.82) is 0 Å². The summed E-state index contributed by atoms with van der Waals surface area (Å²) in [4.78, 5) is 23.4. The van der Waals surface area contributed by atoms with Gasteiger partial charge in [-0.05, 0) is 61.4 Å². The molecule has 1 amide bonds. The largest absolute Gasteiger partial charge is 0.356 e. The van der Waals surface area contributed by atoms with Gasteiger partial charge in [0, 0.05) is 41.3 Å². The summed E-state index contributed by atoms with van der Waals surface area (Å²) in [6.45, 7) is 1.47. The highest BCUT2D eigenvalue weighted by atomic mass is 35.5. The van der Waals surface area contributed by atoms with Crippen molar-refractivity contribution in [2.75, 3.05) is 23.3 Å². The van der Waals surface area contributed by atoms with E-state index in [-0.39, 0.29) is 17.6 Å². The van der Waals surface area contributed by atoms with Crippen LogP contribution in [0.25, 0.3) is 11.3 Å². The van der Waals surface area contributed by atoms with Crippen LogP contribution in [0.15, 0.2) is 60.9 Å². The van der Waals surface area contributed by atoms with E-state index in [9.17, 15) is 9.18 Å². The number of carbonyl (C=O) groups excluding carboxylic acids is 1. The first kappa shape index (κ1) is 19.3. The molecule has 148 valence electrons. The average Bonchev–Trinajstić information content (AvgIpc) is 2.76. The number of nitrogens with one attached hydrogen (secondary N) is 1. The molecular weight excluding hydrogens is 391 g/mol. The first-order valence-electron chi connectivity index (χ1n) is 9.48. The van der Waals surface area contributed by atoms with E-state index in [1.54, 1.807) is 36.4 Å². The summed E-state index contributed by atoms with van der Waals surface area (Å²) < 4.78 is 13.2. The molecule has 0 bridgehead atoms. The molecule has 29 heavy (non-hydrogen) atoms. The highest BCUT2D eigenvalue weighted by Gasteiger charge is 2.26. The molecule has 2 aromatic carbocycles. The molecule has 0 radical (unpaired) electrons. The van der Waals surface area contributed by atoms with Gasteiger partial charge in [-0.3, -0.25) is 4.79 Å². The zero-order chi connectivity index (χ0) is 20.2. The van der Waals surface area contributed by atoms with E-state index in [1.807, 2.05) is 6.07 Å². The average molecular weight is 411 g/mol. The van der Waals surface area contributed by atoms with Crippen LogP contribution in [0.4, 0.5) is 15.9 Å². The summed E-state index contributed by atoms with van der Waals surface area (Å²) in [6.07, 6.45) is 3.01. The van der Waals surface area contributed by atoms with Crippen LogP contribution < -0.4 is 10.2 Å². The Morgan fingerprint density at radius 2 is 1.72 bits per heavy atom. The lowest BCUT2D eigenvalue weighted by atomic mass is 9.95. The molecule has 1 N–H and O–H groups in total. The first-order chi connectivity index (χ1) is 14.1. The molecule has 1 aliphatic heterocycles. The molecular formula is C22H20ClFN4O. The molecule has 2 heterocycles. The maximum atomic E-state index is 13.2. The summed E-state index contributed by atoms with van der Waals surface area (Å²) in [5, 5.41) is 3.60.